The fourth-order valence-electron chi connectivity index (χ4n) is 6.58. The molecule has 1 aliphatic heterocycles. The van der Waals surface area contributed by atoms with E-state index in [0.717, 1.165) is 31.4 Å². The lowest BCUT2D eigenvalue weighted by Gasteiger charge is -2.41. The van der Waals surface area contributed by atoms with Crippen molar-refractivity contribution in [2.45, 2.75) is 219 Å². The molecule has 0 N–H and O–H groups in total. The largest absolute Gasteiger partial charge is 0.430 e. The molecular weight excluding hydrogens is 488 g/mol. The molecule has 0 aromatic heterocycles. The van der Waals surface area contributed by atoms with E-state index >= 15 is 0 Å². The van der Waals surface area contributed by atoms with Crippen molar-refractivity contribution in [3.63, 3.8) is 0 Å². The number of unbranched alkanes of at least 4 members (excludes halogenated alkanes) is 28. The molecule has 0 saturated carbocycles. The topological polar surface area (TPSA) is 26.3 Å². The summed E-state index contributed by atoms with van der Waals surface area (Å²) in [6.45, 7) is 8.68. The van der Waals surface area contributed by atoms with E-state index < -0.39 is 0 Å². The van der Waals surface area contributed by atoms with Crippen molar-refractivity contribution in [3.8, 4) is 0 Å². The predicted octanol–water partition coefficient (Wildman–Crippen LogP) is 13.6. The van der Waals surface area contributed by atoms with Crippen molar-refractivity contribution in [3.05, 3.63) is 12.3 Å². The van der Waals surface area contributed by atoms with E-state index in [1.54, 1.807) is 0 Å². The number of rotatable bonds is 32. The van der Waals surface area contributed by atoms with Crippen molar-refractivity contribution in [1.82, 2.24) is 0 Å². The second-order valence-electron chi connectivity index (χ2n) is 13.3. The van der Waals surface area contributed by atoms with Gasteiger partial charge in [-0.2, -0.15) is 0 Å². The molecular formula is C38H72O2. The van der Waals surface area contributed by atoms with Gasteiger partial charge in [-0.25, -0.2) is 0 Å². The highest BCUT2D eigenvalue weighted by Crippen LogP contribution is 2.47. The van der Waals surface area contributed by atoms with Gasteiger partial charge in [-0.1, -0.05) is 213 Å². The molecule has 1 heterocycles. The van der Waals surface area contributed by atoms with Gasteiger partial charge in [0.25, 0.3) is 0 Å². The van der Waals surface area contributed by atoms with E-state index in [4.69, 9.17) is 4.74 Å². The van der Waals surface area contributed by atoms with Crippen LogP contribution in [0.1, 0.15) is 219 Å². The van der Waals surface area contributed by atoms with Gasteiger partial charge in [0.05, 0.1) is 0 Å². The zero-order valence-electron chi connectivity index (χ0n) is 27.7. The Balaban J connectivity index is 1.93. The molecule has 2 heteroatoms. The minimum atomic E-state index is -0.340. The van der Waals surface area contributed by atoms with Crippen LogP contribution in [0.4, 0.5) is 0 Å². The smallest absolute Gasteiger partial charge is 0.324 e. The lowest BCUT2D eigenvalue weighted by Crippen LogP contribution is -2.45. The van der Waals surface area contributed by atoms with E-state index in [-0.39, 0.29) is 11.4 Å². The minimum Gasteiger partial charge on any atom is -0.430 e. The van der Waals surface area contributed by atoms with Crippen LogP contribution in [0, 0.1) is 5.41 Å². The van der Waals surface area contributed by atoms with Crippen molar-refractivity contribution in [1.29, 1.82) is 0 Å². The molecule has 0 aromatic rings. The average Bonchev–Trinajstić information content (AvgIpc) is 2.96. The van der Waals surface area contributed by atoms with Gasteiger partial charge in [0, 0.05) is 0 Å². The summed E-state index contributed by atoms with van der Waals surface area (Å²) < 4.78 is 5.27. The summed E-state index contributed by atoms with van der Waals surface area (Å²) in [6, 6.07) is 0. The van der Waals surface area contributed by atoms with Crippen molar-refractivity contribution in [2.24, 2.45) is 5.41 Å². The van der Waals surface area contributed by atoms with Crippen LogP contribution in [0.15, 0.2) is 12.3 Å². The lowest BCUT2D eigenvalue weighted by molar-refractivity contribution is -0.171. The summed E-state index contributed by atoms with van der Waals surface area (Å²) in [5, 5.41) is 0. The van der Waals surface area contributed by atoms with Crippen LogP contribution in [-0.2, 0) is 9.53 Å². The van der Waals surface area contributed by atoms with E-state index in [2.05, 4.69) is 20.4 Å². The van der Waals surface area contributed by atoms with Crippen LogP contribution in [0.5, 0.6) is 0 Å². The first-order chi connectivity index (χ1) is 19.7. The van der Waals surface area contributed by atoms with Crippen LogP contribution < -0.4 is 0 Å². The molecule has 1 fully saturated rings. The molecule has 1 atom stereocenters. The number of hydrogen-bond donors (Lipinski definition) is 0. The normalized spacial score (nSPS) is 16.9. The number of carbonyl (C=O) groups is 1. The van der Waals surface area contributed by atoms with Crippen molar-refractivity contribution >= 4 is 5.97 Å². The predicted molar refractivity (Wildman–Crippen MR) is 177 cm³/mol. The summed E-state index contributed by atoms with van der Waals surface area (Å²) in [5.41, 5.74) is -0.340. The molecule has 0 radical (unpaired) electrons. The average molecular weight is 561 g/mol. The van der Waals surface area contributed by atoms with Gasteiger partial charge in [-0.05, 0) is 12.8 Å². The molecule has 0 amide bonds. The van der Waals surface area contributed by atoms with Gasteiger partial charge in [0.15, 0.2) is 0 Å². The van der Waals surface area contributed by atoms with Crippen LogP contribution in [0.25, 0.3) is 0 Å². The third kappa shape index (κ3) is 18.6. The fraction of sp³-hybridized carbons (Fsp3) is 0.921. The molecule has 0 spiro atoms. The zero-order valence-corrected chi connectivity index (χ0v) is 27.7. The maximum absolute atomic E-state index is 12.4. The van der Waals surface area contributed by atoms with Crippen LogP contribution in [0.3, 0.4) is 0 Å². The first-order valence-corrected chi connectivity index (χ1v) is 18.6. The Labute approximate surface area is 252 Å². The first kappa shape index (κ1) is 37.2. The maximum atomic E-state index is 12.4. The van der Waals surface area contributed by atoms with Gasteiger partial charge in [0.2, 0.25) is 0 Å². The quantitative estimate of drug-likeness (QED) is 0.0604. The van der Waals surface area contributed by atoms with Crippen molar-refractivity contribution < 1.29 is 9.53 Å². The maximum Gasteiger partial charge on any atom is 0.324 e. The van der Waals surface area contributed by atoms with E-state index in [1.807, 2.05) is 0 Å². The van der Waals surface area contributed by atoms with E-state index in [1.165, 1.54) is 180 Å². The second kappa shape index (κ2) is 27.1. The van der Waals surface area contributed by atoms with Gasteiger partial charge in [0.1, 0.15) is 11.2 Å². The molecule has 0 bridgehead atoms. The number of carbonyl (C=O) groups excluding carboxylic acids is 1. The molecule has 40 heavy (non-hydrogen) atoms. The highest BCUT2D eigenvalue weighted by atomic mass is 16.6. The summed E-state index contributed by atoms with van der Waals surface area (Å²) in [7, 11) is 0. The highest BCUT2D eigenvalue weighted by molar-refractivity contribution is 5.87. The molecule has 1 saturated heterocycles. The fourth-order valence-corrected chi connectivity index (χ4v) is 6.58. The van der Waals surface area contributed by atoms with Crippen molar-refractivity contribution in [2.75, 3.05) is 0 Å². The van der Waals surface area contributed by atoms with Gasteiger partial charge in [-0.3, -0.25) is 4.79 Å². The molecule has 1 rings (SSSR count). The Morgan fingerprint density at radius 3 is 0.850 bits per heavy atom. The Morgan fingerprint density at radius 2 is 0.650 bits per heavy atom. The van der Waals surface area contributed by atoms with E-state index in [0.29, 0.717) is 0 Å². The van der Waals surface area contributed by atoms with Crippen LogP contribution in [0.2, 0.25) is 0 Å². The first-order valence-electron chi connectivity index (χ1n) is 18.6. The second-order valence-corrected chi connectivity index (χ2v) is 13.3. The Kier molecular flexibility index (Phi) is 25.2. The van der Waals surface area contributed by atoms with Gasteiger partial charge < -0.3 is 4.74 Å². The molecule has 236 valence electrons. The monoisotopic (exact) mass is 561 g/mol. The van der Waals surface area contributed by atoms with Gasteiger partial charge >= 0.3 is 5.97 Å². The Bertz CT molecular complexity index is 566. The summed E-state index contributed by atoms with van der Waals surface area (Å²) in [4.78, 5) is 12.4. The SMILES string of the molecule is C=C1OC(=O)C1(CCCCCCCCCCCCCCCC)CCCCCCCCCCCCCCCCCC. The number of cyclic esters (lactones) is 1. The summed E-state index contributed by atoms with van der Waals surface area (Å²) in [5.74, 6) is 0.765. The number of ether oxygens (including phenoxy) is 1. The third-order valence-corrected chi connectivity index (χ3v) is 9.55. The number of hydrogen-bond acceptors (Lipinski definition) is 2. The lowest BCUT2D eigenvalue weighted by atomic mass is 9.73. The standard InChI is InChI=1S/C38H72O2/c1-4-6-8-10-12-14-16-18-20-21-23-25-27-29-31-33-35-38(36(3)40-37(38)39)34-32-30-28-26-24-22-19-17-15-13-11-9-7-5-2/h3-35H2,1-2H3. The number of esters is 1. The minimum absolute atomic E-state index is 0.00755. The Hall–Kier alpha value is -0.790. The van der Waals surface area contributed by atoms with Crippen LogP contribution in [-0.4, -0.2) is 5.97 Å². The molecule has 0 aromatic carbocycles. The third-order valence-electron chi connectivity index (χ3n) is 9.55. The summed E-state index contributed by atoms with van der Waals surface area (Å²) in [6.07, 6.45) is 43.3. The van der Waals surface area contributed by atoms with Crippen LogP contribution >= 0.6 is 0 Å². The molecule has 0 aliphatic carbocycles. The van der Waals surface area contributed by atoms with Gasteiger partial charge in [-0.15, -0.1) is 0 Å². The zero-order chi connectivity index (χ0) is 29.0. The molecule has 1 unspecified atom stereocenters. The highest BCUT2D eigenvalue weighted by Gasteiger charge is 2.52. The molecule has 1 aliphatic rings. The Morgan fingerprint density at radius 1 is 0.425 bits per heavy atom. The summed E-state index contributed by atoms with van der Waals surface area (Å²) >= 11 is 0. The molecule has 2 nitrogen and oxygen atoms in total. The van der Waals surface area contributed by atoms with E-state index in [9.17, 15) is 4.79 Å².